The summed E-state index contributed by atoms with van der Waals surface area (Å²) in [5.41, 5.74) is 2.02. The zero-order valence-electron chi connectivity index (χ0n) is 19.7. The van der Waals surface area contributed by atoms with E-state index >= 15 is 0 Å². The van der Waals surface area contributed by atoms with Gasteiger partial charge < -0.3 is 18.9 Å². The fraction of sp³-hybridized carbons (Fsp3) is 0.0357. The topological polar surface area (TPSA) is 93.7 Å². The molecule has 5 rings (SSSR count). The number of rotatable bonds is 5. The molecule has 0 atom stereocenters. The normalized spacial score (nSPS) is 10.8. The summed E-state index contributed by atoms with van der Waals surface area (Å²) in [5.74, 6) is 0.293. The van der Waals surface area contributed by atoms with Gasteiger partial charge >= 0.3 is 5.63 Å². The van der Waals surface area contributed by atoms with E-state index in [-0.39, 0.29) is 10.9 Å². The molecule has 10 heteroatoms. The van der Waals surface area contributed by atoms with Crippen LogP contribution in [0.4, 0.5) is 5.69 Å². The molecule has 0 radical (unpaired) electrons. The number of carbonyl (C=O) groups excluding carboxylic acids is 1. The van der Waals surface area contributed by atoms with Crippen LogP contribution in [-0.4, -0.2) is 18.1 Å². The van der Waals surface area contributed by atoms with Crippen molar-refractivity contribution < 1.29 is 18.4 Å². The van der Waals surface area contributed by atoms with Crippen molar-refractivity contribution in [1.29, 1.82) is 0 Å². The van der Waals surface area contributed by atoms with Crippen molar-refractivity contribution in [2.24, 2.45) is 0 Å². The zero-order valence-corrected chi connectivity index (χ0v) is 22.0. The molecule has 1 amide bonds. The highest BCUT2D eigenvalue weighted by Crippen LogP contribution is 2.35. The van der Waals surface area contributed by atoms with Crippen LogP contribution in [-0.2, 0) is 0 Å². The summed E-state index contributed by atoms with van der Waals surface area (Å²) in [7, 11) is 1.49. The summed E-state index contributed by atoms with van der Waals surface area (Å²) in [6.07, 6.45) is 0. The van der Waals surface area contributed by atoms with Crippen LogP contribution in [0.2, 0.25) is 10.0 Å². The van der Waals surface area contributed by atoms with E-state index in [9.17, 15) is 9.59 Å². The van der Waals surface area contributed by atoms with Gasteiger partial charge in [-0.3, -0.25) is 10.1 Å². The van der Waals surface area contributed by atoms with Crippen molar-refractivity contribution in [2.75, 3.05) is 12.4 Å². The molecular weight excluding hydrogens is 547 g/mol. The highest BCUT2D eigenvalue weighted by atomic mass is 35.5. The maximum Gasteiger partial charge on any atom is 0.344 e. The smallest absolute Gasteiger partial charge is 0.344 e. The molecule has 0 saturated heterocycles. The summed E-state index contributed by atoms with van der Waals surface area (Å²) in [4.78, 5) is 25.3. The van der Waals surface area contributed by atoms with Crippen LogP contribution in [0.5, 0.6) is 5.75 Å². The van der Waals surface area contributed by atoms with Gasteiger partial charge in [-0.15, -0.1) is 0 Å². The number of anilines is 1. The van der Waals surface area contributed by atoms with Gasteiger partial charge in [-0.1, -0.05) is 47.5 Å². The summed E-state index contributed by atoms with van der Waals surface area (Å²) in [6.45, 7) is 0. The van der Waals surface area contributed by atoms with Gasteiger partial charge in [0.1, 0.15) is 17.1 Å². The van der Waals surface area contributed by atoms with E-state index in [4.69, 9.17) is 49.0 Å². The first kappa shape index (κ1) is 25.5. The molecule has 38 heavy (non-hydrogen) atoms. The van der Waals surface area contributed by atoms with Gasteiger partial charge in [0.2, 0.25) is 0 Å². The molecule has 2 N–H and O–H groups in total. The Hall–Kier alpha value is -4.11. The number of furan rings is 1. The number of hydrogen-bond donors (Lipinski definition) is 2. The molecular formula is C28H18Cl2N2O5S. The van der Waals surface area contributed by atoms with E-state index in [1.165, 1.54) is 13.2 Å². The van der Waals surface area contributed by atoms with Crippen molar-refractivity contribution in [1.82, 2.24) is 5.32 Å². The standard InChI is InChI=1S/C28H18Cl2N2O5S/c1-35-24-14-16(9-10-17(24)19-13-15-5-2-3-8-21(15)37-27(19)34)31-28(38)32-26(33)23-12-11-22(36-23)18-6-4-7-20(29)25(18)30/h2-14H,1H3,(H2,31,32,33,38). The molecule has 190 valence electrons. The number of methoxy groups -OCH3 is 1. The van der Waals surface area contributed by atoms with Crippen LogP contribution in [0.1, 0.15) is 10.6 Å². The molecule has 0 fully saturated rings. The van der Waals surface area contributed by atoms with E-state index in [2.05, 4.69) is 10.6 Å². The SMILES string of the molecule is COc1cc(NC(=S)NC(=O)c2ccc(-c3cccc(Cl)c3Cl)o2)ccc1-c1cc2ccccc2oc1=O. The lowest BCUT2D eigenvalue weighted by atomic mass is 10.0. The summed E-state index contributed by atoms with van der Waals surface area (Å²) < 4.78 is 16.6. The molecule has 0 aliphatic heterocycles. The lowest BCUT2D eigenvalue weighted by Gasteiger charge is -2.13. The predicted octanol–water partition coefficient (Wildman–Crippen LogP) is 7.16. The van der Waals surface area contributed by atoms with Crippen molar-refractivity contribution in [3.63, 3.8) is 0 Å². The van der Waals surface area contributed by atoms with Gasteiger partial charge in [0, 0.05) is 28.3 Å². The van der Waals surface area contributed by atoms with Crippen LogP contribution < -0.4 is 21.0 Å². The first-order valence-corrected chi connectivity index (χ1v) is 12.4. The number of thiocarbonyl (C=S) groups is 1. The molecule has 3 aromatic carbocycles. The Morgan fingerprint density at radius 2 is 1.71 bits per heavy atom. The van der Waals surface area contributed by atoms with Gasteiger partial charge in [0.25, 0.3) is 5.91 Å². The molecule has 2 heterocycles. The number of fused-ring (bicyclic) bond motifs is 1. The molecule has 5 aromatic rings. The Bertz CT molecular complexity index is 1760. The fourth-order valence-electron chi connectivity index (χ4n) is 3.87. The van der Waals surface area contributed by atoms with Crippen LogP contribution in [0.3, 0.4) is 0 Å². The molecule has 0 saturated carbocycles. The Morgan fingerprint density at radius 3 is 2.53 bits per heavy atom. The van der Waals surface area contributed by atoms with Gasteiger partial charge in [-0.25, -0.2) is 4.79 Å². The van der Waals surface area contributed by atoms with E-state index in [1.54, 1.807) is 60.7 Å². The second-order valence-corrected chi connectivity index (χ2v) is 9.27. The summed E-state index contributed by atoms with van der Waals surface area (Å²) in [5, 5.41) is 7.03. The monoisotopic (exact) mass is 564 g/mol. The third-order valence-electron chi connectivity index (χ3n) is 5.66. The number of benzene rings is 3. The van der Waals surface area contributed by atoms with Crippen LogP contribution in [0, 0.1) is 0 Å². The molecule has 7 nitrogen and oxygen atoms in total. The number of para-hydroxylation sites is 1. The predicted molar refractivity (Wildman–Crippen MR) is 152 cm³/mol. The van der Waals surface area contributed by atoms with E-state index in [0.29, 0.717) is 49.5 Å². The van der Waals surface area contributed by atoms with E-state index in [1.807, 2.05) is 12.1 Å². The van der Waals surface area contributed by atoms with Crippen LogP contribution in [0.15, 0.2) is 92.5 Å². The van der Waals surface area contributed by atoms with Crippen molar-refractivity contribution >= 4 is 63.1 Å². The second kappa shape index (κ2) is 10.7. The molecule has 0 aliphatic carbocycles. The number of nitrogens with one attached hydrogen (secondary N) is 2. The van der Waals surface area contributed by atoms with Gasteiger partial charge in [0.15, 0.2) is 10.9 Å². The number of ether oxygens (including phenoxy) is 1. The number of carbonyl (C=O) groups is 1. The van der Waals surface area contributed by atoms with Crippen molar-refractivity contribution in [3.05, 3.63) is 105 Å². The van der Waals surface area contributed by atoms with Gasteiger partial charge in [-0.2, -0.15) is 0 Å². The second-order valence-electron chi connectivity index (χ2n) is 8.07. The summed E-state index contributed by atoms with van der Waals surface area (Å²) in [6, 6.07) is 22.3. The highest BCUT2D eigenvalue weighted by molar-refractivity contribution is 7.80. The Balaban J connectivity index is 1.31. The van der Waals surface area contributed by atoms with Crippen molar-refractivity contribution in [2.45, 2.75) is 0 Å². The third-order valence-corrected chi connectivity index (χ3v) is 6.69. The maximum absolute atomic E-state index is 12.7. The average molecular weight is 565 g/mol. The average Bonchev–Trinajstić information content (AvgIpc) is 3.40. The molecule has 0 spiro atoms. The number of halogens is 2. The Labute approximate surface area is 231 Å². The van der Waals surface area contributed by atoms with E-state index in [0.717, 1.165) is 5.39 Å². The number of amides is 1. The first-order chi connectivity index (χ1) is 18.3. The third kappa shape index (κ3) is 5.15. The Morgan fingerprint density at radius 1 is 0.895 bits per heavy atom. The summed E-state index contributed by atoms with van der Waals surface area (Å²) >= 11 is 17.6. The largest absolute Gasteiger partial charge is 0.496 e. The van der Waals surface area contributed by atoms with Gasteiger partial charge in [-0.05, 0) is 60.7 Å². The minimum atomic E-state index is -0.552. The molecule has 0 aliphatic rings. The zero-order chi connectivity index (χ0) is 26.8. The minimum absolute atomic E-state index is 0.0359. The maximum atomic E-state index is 12.7. The van der Waals surface area contributed by atoms with Crippen LogP contribution >= 0.6 is 35.4 Å². The first-order valence-electron chi connectivity index (χ1n) is 11.2. The molecule has 2 aromatic heterocycles. The minimum Gasteiger partial charge on any atom is -0.496 e. The Kier molecular flexibility index (Phi) is 7.20. The van der Waals surface area contributed by atoms with Crippen LogP contribution in [0.25, 0.3) is 33.4 Å². The number of hydrogen-bond acceptors (Lipinski definition) is 6. The fourth-order valence-corrected chi connectivity index (χ4v) is 4.47. The highest BCUT2D eigenvalue weighted by Gasteiger charge is 2.17. The molecule has 0 unspecified atom stereocenters. The van der Waals surface area contributed by atoms with E-state index < -0.39 is 11.5 Å². The van der Waals surface area contributed by atoms with Crippen molar-refractivity contribution in [3.8, 4) is 28.2 Å². The lowest BCUT2D eigenvalue weighted by molar-refractivity contribution is 0.0951. The quantitative estimate of drug-likeness (QED) is 0.173. The van der Waals surface area contributed by atoms with Gasteiger partial charge in [0.05, 0.1) is 22.7 Å². The molecule has 0 bridgehead atoms. The lowest BCUT2D eigenvalue weighted by Crippen LogP contribution is -2.33.